The van der Waals surface area contributed by atoms with Crippen molar-refractivity contribution in [3.8, 4) is 5.75 Å². The Morgan fingerprint density at radius 2 is 1.92 bits per heavy atom. The van der Waals surface area contributed by atoms with Crippen LogP contribution in [0.3, 0.4) is 0 Å². The topological polar surface area (TPSA) is 58.5 Å². The molecule has 0 unspecified atom stereocenters. The van der Waals surface area contributed by atoms with Gasteiger partial charge in [0.15, 0.2) is 5.96 Å². The zero-order valence-electron chi connectivity index (χ0n) is 14.7. The first-order valence-electron chi connectivity index (χ1n) is 8.38. The molecule has 0 saturated heterocycles. The van der Waals surface area contributed by atoms with Crippen LogP contribution in [0.25, 0.3) is 0 Å². The zero-order chi connectivity index (χ0) is 17.2. The van der Waals surface area contributed by atoms with Gasteiger partial charge in [-0.2, -0.15) is 0 Å². The van der Waals surface area contributed by atoms with E-state index in [0.29, 0.717) is 19.7 Å². The smallest absolute Gasteiger partial charge is 0.191 e. The summed E-state index contributed by atoms with van der Waals surface area (Å²) in [5.41, 5.74) is 3.09. The normalized spacial score (nSPS) is 11.2. The van der Waals surface area contributed by atoms with Crippen molar-refractivity contribution in [2.24, 2.45) is 4.99 Å². The summed E-state index contributed by atoms with van der Waals surface area (Å²) in [6.07, 6.45) is 0. The van der Waals surface area contributed by atoms with Gasteiger partial charge in [-0.3, -0.25) is 4.98 Å². The van der Waals surface area contributed by atoms with Gasteiger partial charge in [-0.1, -0.05) is 24.3 Å². The van der Waals surface area contributed by atoms with Crippen LogP contribution in [0.4, 0.5) is 0 Å². The predicted molar refractivity (Wildman–Crippen MR) is 98.2 cm³/mol. The summed E-state index contributed by atoms with van der Waals surface area (Å²) >= 11 is 0. The van der Waals surface area contributed by atoms with Crippen molar-refractivity contribution in [2.45, 2.75) is 33.9 Å². The van der Waals surface area contributed by atoms with E-state index in [0.717, 1.165) is 35.2 Å². The molecule has 0 aliphatic heterocycles. The minimum absolute atomic E-state index is 0.562. The number of nitrogens with one attached hydrogen (secondary N) is 2. The molecule has 0 amide bonds. The summed E-state index contributed by atoms with van der Waals surface area (Å²) < 4.78 is 5.65. The molecule has 2 aromatic rings. The number of aryl methyl sites for hydroxylation is 1. The number of hydrogen-bond acceptors (Lipinski definition) is 3. The highest BCUT2D eigenvalue weighted by Gasteiger charge is 2.03. The number of pyridine rings is 1. The van der Waals surface area contributed by atoms with Crippen LogP contribution in [0.1, 0.15) is 30.8 Å². The fourth-order valence-electron chi connectivity index (χ4n) is 2.31. The second-order valence-electron chi connectivity index (χ2n) is 5.36. The first-order valence-corrected chi connectivity index (χ1v) is 8.38. The van der Waals surface area contributed by atoms with Crippen molar-refractivity contribution >= 4 is 5.96 Å². The Morgan fingerprint density at radius 1 is 1.08 bits per heavy atom. The number of aliphatic imine (C=N–C) groups is 1. The molecule has 0 bridgehead atoms. The summed E-state index contributed by atoms with van der Waals surface area (Å²) in [6, 6.07) is 14.0. The first kappa shape index (κ1) is 17.8. The molecule has 0 saturated carbocycles. The van der Waals surface area contributed by atoms with E-state index in [1.807, 2.05) is 56.3 Å². The maximum atomic E-state index is 5.65. The van der Waals surface area contributed by atoms with Crippen LogP contribution < -0.4 is 15.4 Å². The molecule has 0 fully saturated rings. The van der Waals surface area contributed by atoms with Crippen LogP contribution in [-0.4, -0.2) is 24.1 Å². The number of nitrogens with zero attached hydrogens (tertiary/aromatic N) is 2. The highest BCUT2D eigenvalue weighted by Crippen LogP contribution is 2.18. The van der Waals surface area contributed by atoms with E-state index in [1.165, 1.54) is 0 Å². The van der Waals surface area contributed by atoms with Crippen molar-refractivity contribution in [2.75, 3.05) is 13.2 Å². The molecule has 128 valence electrons. The third kappa shape index (κ3) is 5.57. The van der Waals surface area contributed by atoms with E-state index < -0.39 is 0 Å². The van der Waals surface area contributed by atoms with Gasteiger partial charge in [-0.05, 0) is 39.0 Å². The van der Waals surface area contributed by atoms with Crippen LogP contribution in [0, 0.1) is 6.92 Å². The number of benzene rings is 1. The van der Waals surface area contributed by atoms with Gasteiger partial charge in [-0.15, -0.1) is 0 Å². The molecule has 5 heteroatoms. The van der Waals surface area contributed by atoms with E-state index in [2.05, 4.69) is 27.5 Å². The second-order valence-corrected chi connectivity index (χ2v) is 5.36. The minimum Gasteiger partial charge on any atom is -0.494 e. The van der Waals surface area contributed by atoms with E-state index in [4.69, 9.17) is 4.74 Å². The minimum atomic E-state index is 0.562. The average molecular weight is 326 g/mol. The average Bonchev–Trinajstić information content (AvgIpc) is 2.59. The van der Waals surface area contributed by atoms with Gasteiger partial charge >= 0.3 is 0 Å². The fourth-order valence-corrected chi connectivity index (χ4v) is 2.31. The van der Waals surface area contributed by atoms with Gasteiger partial charge in [0.25, 0.3) is 0 Å². The number of ether oxygens (including phenoxy) is 1. The quantitative estimate of drug-likeness (QED) is 0.606. The Hall–Kier alpha value is -2.56. The van der Waals surface area contributed by atoms with Crippen LogP contribution in [-0.2, 0) is 13.1 Å². The Balaban J connectivity index is 2.02. The Bertz CT molecular complexity index is 670. The van der Waals surface area contributed by atoms with E-state index in [-0.39, 0.29) is 0 Å². The third-order valence-electron chi connectivity index (χ3n) is 3.41. The second kappa shape index (κ2) is 9.55. The molecule has 0 atom stereocenters. The van der Waals surface area contributed by atoms with Gasteiger partial charge in [0, 0.05) is 17.8 Å². The van der Waals surface area contributed by atoms with Gasteiger partial charge in [0.05, 0.1) is 25.4 Å². The monoisotopic (exact) mass is 326 g/mol. The van der Waals surface area contributed by atoms with E-state index >= 15 is 0 Å². The highest BCUT2D eigenvalue weighted by molar-refractivity contribution is 5.79. The third-order valence-corrected chi connectivity index (χ3v) is 3.41. The molecule has 0 aliphatic carbocycles. The highest BCUT2D eigenvalue weighted by atomic mass is 16.5. The largest absolute Gasteiger partial charge is 0.494 e. The van der Waals surface area contributed by atoms with Gasteiger partial charge in [0.2, 0.25) is 0 Å². The maximum absolute atomic E-state index is 5.65. The van der Waals surface area contributed by atoms with E-state index in [9.17, 15) is 0 Å². The fraction of sp³-hybridized carbons (Fsp3) is 0.368. The molecule has 1 aromatic heterocycles. The summed E-state index contributed by atoms with van der Waals surface area (Å²) in [4.78, 5) is 9.15. The molecule has 24 heavy (non-hydrogen) atoms. The van der Waals surface area contributed by atoms with Crippen LogP contribution in [0.5, 0.6) is 5.75 Å². The molecule has 0 aliphatic rings. The molecular weight excluding hydrogens is 300 g/mol. The number of guanidine groups is 1. The number of para-hydroxylation sites is 1. The molecule has 1 heterocycles. The van der Waals surface area contributed by atoms with Gasteiger partial charge in [0.1, 0.15) is 5.75 Å². The van der Waals surface area contributed by atoms with Crippen LogP contribution >= 0.6 is 0 Å². The number of rotatable bonds is 7. The lowest BCUT2D eigenvalue weighted by Gasteiger charge is -2.12. The van der Waals surface area contributed by atoms with Crippen LogP contribution in [0.2, 0.25) is 0 Å². The molecule has 2 N–H and O–H groups in total. The molecule has 5 nitrogen and oxygen atoms in total. The van der Waals surface area contributed by atoms with Gasteiger partial charge in [-0.25, -0.2) is 4.99 Å². The first-order chi connectivity index (χ1) is 11.7. The number of aromatic nitrogens is 1. The standard InChI is InChI=1S/C19H26N4O/c1-4-20-19(22-14-17-11-8-9-15(3)23-17)21-13-16-10-6-7-12-18(16)24-5-2/h6-12H,4-5,13-14H2,1-3H3,(H2,20,21,22). The summed E-state index contributed by atoms with van der Waals surface area (Å²) in [7, 11) is 0. The lowest BCUT2D eigenvalue weighted by molar-refractivity contribution is 0.336. The van der Waals surface area contributed by atoms with E-state index in [1.54, 1.807) is 0 Å². The Labute approximate surface area is 144 Å². The van der Waals surface area contributed by atoms with Crippen LogP contribution in [0.15, 0.2) is 47.5 Å². The molecule has 0 radical (unpaired) electrons. The predicted octanol–water partition coefficient (Wildman–Crippen LogP) is 3.04. The van der Waals surface area contributed by atoms with Crippen molar-refractivity contribution in [3.05, 3.63) is 59.4 Å². The van der Waals surface area contributed by atoms with Crippen molar-refractivity contribution in [3.63, 3.8) is 0 Å². The Morgan fingerprint density at radius 3 is 2.67 bits per heavy atom. The lowest BCUT2D eigenvalue weighted by Crippen LogP contribution is -2.37. The molecule has 1 aromatic carbocycles. The summed E-state index contributed by atoms with van der Waals surface area (Å²) in [5, 5.41) is 6.58. The van der Waals surface area contributed by atoms with Crippen molar-refractivity contribution in [1.82, 2.24) is 15.6 Å². The van der Waals surface area contributed by atoms with Crippen molar-refractivity contribution in [1.29, 1.82) is 0 Å². The zero-order valence-corrected chi connectivity index (χ0v) is 14.7. The summed E-state index contributed by atoms with van der Waals surface area (Å²) in [5.74, 6) is 1.66. The number of hydrogen-bond donors (Lipinski definition) is 2. The molecular formula is C19H26N4O. The van der Waals surface area contributed by atoms with Crippen molar-refractivity contribution < 1.29 is 4.74 Å². The lowest BCUT2D eigenvalue weighted by atomic mass is 10.2. The maximum Gasteiger partial charge on any atom is 0.191 e. The summed E-state index contributed by atoms with van der Waals surface area (Å²) in [6.45, 7) is 8.69. The molecule has 0 spiro atoms. The SMILES string of the molecule is CCNC(=NCc1ccccc1OCC)NCc1cccc(C)n1. The molecule has 2 rings (SSSR count). The Kier molecular flexibility index (Phi) is 7.08. The van der Waals surface area contributed by atoms with Gasteiger partial charge < -0.3 is 15.4 Å².